The molecule has 1 aliphatic rings. The van der Waals surface area contributed by atoms with Crippen molar-refractivity contribution >= 4 is 0 Å². The molecule has 0 bridgehead atoms. The molecule has 1 aliphatic carbocycles. The molecule has 0 heterocycles. The molecular weight excluding hydrogens is 158 g/mol. The fourth-order valence-corrected chi connectivity index (χ4v) is 2.48. The van der Waals surface area contributed by atoms with Gasteiger partial charge in [0.25, 0.3) is 0 Å². The number of hydrogen-bond donors (Lipinski definition) is 1. The minimum absolute atomic E-state index is 0.489. The summed E-state index contributed by atoms with van der Waals surface area (Å²) in [5, 5.41) is 0. The van der Waals surface area contributed by atoms with E-state index in [0.29, 0.717) is 6.04 Å². The molecule has 1 saturated carbocycles. The summed E-state index contributed by atoms with van der Waals surface area (Å²) in [6.07, 6.45) is 12.4. The molecule has 0 radical (unpaired) electrons. The molecule has 2 N–H and O–H groups in total. The van der Waals surface area contributed by atoms with Crippen molar-refractivity contribution < 1.29 is 0 Å². The van der Waals surface area contributed by atoms with Crippen molar-refractivity contribution in [3.05, 3.63) is 0 Å². The Labute approximate surface area is 83.1 Å². The lowest BCUT2D eigenvalue weighted by Gasteiger charge is -2.25. The van der Waals surface area contributed by atoms with Gasteiger partial charge in [0.15, 0.2) is 0 Å². The predicted molar refractivity (Wildman–Crippen MR) is 58.7 cm³/mol. The summed E-state index contributed by atoms with van der Waals surface area (Å²) >= 11 is 0. The lowest BCUT2D eigenvalue weighted by atomic mass is 9.84. The minimum atomic E-state index is 0.489. The van der Waals surface area contributed by atoms with E-state index >= 15 is 0 Å². The lowest BCUT2D eigenvalue weighted by Crippen LogP contribution is -2.30. The van der Waals surface area contributed by atoms with Crippen LogP contribution in [0, 0.1) is 5.92 Å². The Morgan fingerprint density at radius 2 is 1.62 bits per heavy atom. The molecule has 1 rings (SSSR count). The predicted octanol–water partition coefficient (Wildman–Crippen LogP) is 3.47. The van der Waals surface area contributed by atoms with Crippen molar-refractivity contribution in [1.82, 2.24) is 0 Å². The van der Waals surface area contributed by atoms with Crippen LogP contribution in [-0.2, 0) is 0 Å². The molecular formula is C12H25N. The molecule has 1 atom stereocenters. The van der Waals surface area contributed by atoms with Crippen molar-refractivity contribution in [1.29, 1.82) is 0 Å². The van der Waals surface area contributed by atoms with Crippen LogP contribution in [0.2, 0.25) is 0 Å². The van der Waals surface area contributed by atoms with Gasteiger partial charge in [0, 0.05) is 6.04 Å². The Bertz CT molecular complexity index is 114. The Kier molecular flexibility index (Phi) is 5.45. The van der Waals surface area contributed by atoms with Gasteiger partial charge in [-0.1, -0.05) is 45.4 Å². The second-order valence-corrected chi connectivity index (χ2v) is 4.56. The Balaban J connectivity index is 2.27. The zero-order valence-corrected chi connectivity index (χ0v) is 9.10. The van der Waals surface area contributed by atoms with E-state index in [1.807, 2.05) is 0 Å². The maximum Gasteiger partial charge on any atom is 0.00670 e. The fraction of sp³-hybridized carbons (Fsp3) is 1.00. The molecule has 0 aromatic carbocycles. The van der Waals surface area contributed by atoms with Gasteiger partial charge in [0.2, 0.25) is 0 Å². The molecule has 0 amide bonds. The Morgan fingerprint density at radius 1 is 1.08 bits per heavy atom. The first-order chi connectivity index (χ1) is 6.34. The highest BCUT2D eigenvalue weighted by Gasteiger charge is 2.17. The van der Waals surface area contributed by atoms with Crippen LogP contribution in [0.4, 0.5) is 0 Å². The molecule has 13 heavy (non-hydrogen) atoms. The topological polar surface area (TPSA) is 26.0 Å². The van der Waals surface area contributed by atoms with Crippen LogP contribution in [0.25, 0.3) is 0 Å². The Morgan fingerprint density at radius 3 is 2.15 bits per heavy atom. The van der Waals surface area contributed by atoms with Gasteiger partial charge < -0.3 is 5.73 Å². The molecule has 0 spiro atoms. The molecule has 0 unspecified atom stereocenters. The SMILES string of the molecule is CCC[C@@H](N)C1CCCCCCC1. The lowest BCUT2D eigenvalue weighted by molar-refractivity contribution is 0.312. The van der Waals surface area contributed by atoms with Gasteiger partial charge in [0.1, 0.15) is 0 Å². The minimum Gasteiger partial charge on any atom is -0.327 e. The zero-order valence-electron chi connectivity index (χ0n) is 9.10. The quantitative estimate of drug-likeness (QED) is 0.712. The van der Waals surface area contributed by atoms with E-state index < -0.39 is 0 Å². The summed E-state index contributed by atoms with van der Waals surface area (Å²) < 4.78 is 0. The summed E-state index contributed by atoms with van der Waals surface area (Å²) in [7, 11) is 0. The van der Waals surface area contributed by atoms with Crippen molar-refractivity contribution in [2.45, 2.75) is 70.8 Å². The monoisotopic (exact) mass is 183 g/mol. The summed E-state index contributed by atoms with van der Waals surface area (Å²) in [5.41, 5.74) is 6.18. The normalized spacial score (nSPS) is 23.5. The molecule has 0 aliphatic heterocycles. The molecule has 0 saturated heterocycles. The molecule has 1 fully saturated rings. The van der Waals surface area contributed by atoms with Crippen LogP contribution in [0.5, 0.6) is 0 Å². The van der Waals surface area contributed by atoms with E-state index in [9.17, 15) is 0 Å². The maximum absolute atomic E-state index is 6.18. The first kappa shape index (κ1) is 11.0. The number of rotatable bonds is 3. The van der Waals surface area contributed by atoms with Gasteiger partial charge in [-0.25, -0.2) is 0 Å². The van der Waals surface area contributed by atoms with E-state index in [-0.39, 0.29) is 0 Å². The van der Waals surface area contributed by atoms with Gasteiger partial charge in [0.05, 0.1) is 0 Å². The van der Waals surface area contributed by atoms with Gasteiger partial charge in [-0.2, -0.15) is 0 Å². The van der Waals surface area contributed by atoms with Crippen LogP contribution >= 0.6 is 0 Å². The van der Waals surface area contributed by atoms with E-state index in [4.69, 9.17) is 5.73 Å². The first-order valence-electron chi connectivity index (χ1n) is 6.10. The van der Waals surface area contributed by atoms with Crippen LogP contribution in [0.15, 0.2) is 0 Å². The van der Waals surface area contributed by atoms with Crippen LogP contribution in [0.3, 0.4) is 0 Å². The van der Waals surface area contributed by atoms with Crippen molar-refractivity contribution in [2.24, 2.45) is 11.7 Å². The van der Waals surface area contributed by atoms with Gasteiger partial charge in [-0.3, -0.25) is 0 Å². The maximum atomic E-state index is 6.18. The summed E-state index contributed by atoms with van der Waals surface area (Å²) in [5.74, 6) is 0.834. The van der Waals surface area contributed by atoms with Gasteiger partial charge in [-0.05, 0) is 25.2 Å². The third kappa shape index (κ3) is 4.12. The van der Waals surface area contributed by atoms with Gasteiger partial charge in [-0.15, -0.1) is 0 Å². The molecule has 78 valence electrons. The van der Waals surface area contributed by atoms with Gasteiger partial charge >= 0.3 is 0 Å². The second kappa shape index (κ2) is 6.42. The third-order valence-electron chi connectivity index (χ3n) is 3.38. The van der Waals surface area contributed by atoms with E-state index in [1.54, 1.807) is 0 Å². The third-order valence-corrected chi connectivity index (χ3v) is 3.38. The largest absolute Gasteiger partial charge is 0.327 e. The average Bonchev–Trinajstić information content (AvgIpc) is 2.03. The summed E-state index contributed by atoms with van der Waals surface area (Å²) in [6.45, 7) is 2.24. The smallest absolute Gasteiger partial charge is 0.00670 e. The standard InChI is InChI=1S/C12H25N/c1-2-8-12(13)11-9-6-4-3-5-7-10-11/h11-12H,2-10,13H2,1H3/t12-/m1/s1. The molecule has 0 aromatic rings. The Hall–Kier alpha value is -0.0400. The molecule has 0 aromatic heterocycles. The van der Waals surface area contributed by atoms with E-state index in [0.717, 1.165) is 5.92 Å². The average molecular weight is 183 g/mol. The zero-order chi connectivity index (χ0) is 9.52. The highest BCUT2D eigenvalue weighted by atomic mass is 14.6. The highest BCUT2D eigenvalue weighted by molar-refractivity contribution is 4.74. The van der Waals surface area contributed by atoms with Crippen molar-refractivity contribution in [3.63, 3.8) is 0 Å². The highest BCUT2D eigenvalue weighted by Crippen LogP contribution is 2.25. The second-order valence-electron chi connectivity index (χ2n) is 4.56. The van der Waals surface area contributed by atoms with Crippen LogP contribution in [-0.4, -0.2) is 6.04 Å². The van der Waals surface area contributed by atoms with Crippen LogP contribution in [0.1, 0.15) is 64.7 Å². The number of hydrogen-bond acceptors (Lipinski definition) is 1. The van der Waals surface area contributed by atoms with E-state index in [1.165, 1.54) is 57.8 Å². The first-order valence-corrected chi connectivity index (χ1v) is 6.10. The fourth-order valence-electron chi connectivity index (χ4n) is 2.48. The number of nitrogens with two attached hydrogens (primary N) is 1. The van der Waals surface area contributed by atoms with E-state index in [2.05, 4.69) is 6.92 Å². The molecule has 1 heteroatoms. The molecule has 1 nitrogen and oxygen atoms in total. The summed E-state index contributed by atoms with van der Waals surface area (Å²) in [4.78, 5) is 0. The summed E-state index contributed by atoms with van der Waals surface area (Å²) in [6, 6.07) is 0.489. The van der Waals surface area contributed by atoms with Crippen molar-refractivity contribution in [2.75, 3.05) is 0 Å². The van der Waals surface area contributed by atoms with Crippen LogP contribution < -0.4 is 5.73 Å². The van der Waals surface area contributed by atoms with Crippen molar-refractivity contribution in [3.8, 4) is 0 Å².